The Hall–Kier alpha value is -7.78. The minimum absolute atomic E-state index is 0.335. The van der Waals surface area contributed by atoms with Gasteiger partial charge in [0.1, 0.15) is 0 Å². The van der Waals surface area contributed by atoms with E-state index < -0.39 is 5.41 Å². The minimum atomic E-state index is -0.526. The molecule has 2 heteroatoms. The van der Waals surface area contributed by atoms with Crippen molar-refractivity contribution in [2.75, 3.05) is 4.90 Å². The molecule has 0 spiro atoms. The molecule has 10 aromatic carbocycles. The molecule has 1 heterocycles. The minimum Gasteiger partial charge on any atom is -0.310 e. The molecular formula is C63H43NS. The fourth-order valence-electron chi connectivity index (χ4n) is 11.5. The quantitative estimate of drug-likeness (QED) is 0.154. The van der Waals surface area contributed by atoms with E-state index in [0.717, 1.165) is 17.1 Å². The number of thiophene rings is 1. The van der Waals surface area contributed by atoms with Crippen LogP contribution in [0.4, 0.5) is 17.1 Å². The normalized spacial score (nSPS) is 15.3. The van der Waals surface area contributed by atoms with E-state index in [9.17, 15) is 0 Å². The summed E-state index contributed by atoms with van der Waals surface area (Å²) in [6.45, 7) is 2.41. The average molecular weight is 846 g/mol. The maximum absolute atomic E-state index is 2.52. The molecule has 1 aromatic heterocycles. The lowest BCUT2D eigenvalue weighted by Gasteiger charge is -2.35. The number of nitrogens with zero attached hydrogens (tertiary/aromatic N) is 1. The van der Waals surface area contributed by atoms with Crippen molar-refractivity contribution in [2.24, 2.45) is 0 Å². The van der Waals surface area contributed by atoms with Gasteiger partial charge in [0.2, 0.25) is 0 Å². The number of benzene rings is 10. The van der Waals surface area contributed by atoms with E-state index in [4.69, 9.17) is 0 Å². The van der Waals surface area contributed by atoms with Gasteiger partial charge in [0.25, 0.3) is 0 Å². The van der Waals surface area contributed by atoms with Gasteiger partial charge in [-0.05, 0) is 122 Å². The summed E-state index contributed by atoms with van der Waals surface area (Å²) >= 11 is 1.86. The Morgan fingerprint density at radius 3 is 1.65 bits per heavy atom. The third kappa shape index (κ3) is 5.51. The van der Waals surface area contributed by atoms with Crippen molar-refractivity contribution >= 4 is 48.6 Å². The summed E-state index contributed by atoms with van der Waals surface area (Å²) in [5.74, 6) is 0. The Kier molecular flexibility index (Phi) is 8.50. The number of anilines is 3. The molecule has 1 nitrogen and oxygen atoms in total. The molecule has 13 rings (SSSR count). The zero-order valence-electron chi connectivity index (χ0n) is 35.9. The van der Waals surface area contributed by atoms with Crippen LogP contribution in [-0.2, 0) is 10.8 Å². The average Bonchev–Trinajstić information content (AvgIpc) is 3.99. The van der Waals surface area contributed by atoms with Crippen LogP contribution in [0.25, 0.3) is 53.6 Å². The van der Waals surface area contributed by atoms with Crippen LogP contribution in [0.5, 0.6) is 0 Å². The van der Waals surface area contributed by atoms with Gasteiger partial charge in [-0.25, -0.2) is 0 Å². The van der Waals surface area contributed by atoms with Gasteiger partial charge in [0.15, 0.2) is 0 Å². The Morgan fingerprint density at radius 2 is 0.908 bits per heavy atom. The number of hydrogen-bond acceptors (Lipinski definition) is 2. The molecule has 0 bridgehead atoms. The van der Waals surface area contributed by atoms with Crippen LogP contribution in [0.3, 0.4) is 0 Å². The largest absolute Gasteiger partial charge is 0.310 e. The lowest BCUT2D eigenvalue weighted by atomic mass is 9.67. The first-order valence-corrected chi connectivity index (χ1v) is 23.4. The molecular weight excluding hydrogens is 803 g/mol. The molecule has 0 N–H and O–H groups in total. The second kappa shape index (κ2) is 14.6. The molecule has 0 amide bonds. The van der Waals surface area contributed by atoms with Crippen LogP contribution in [0.15, 0.2) is 243 Å². The summed E-state index contributed by atoms with van der Waals surface area (Å²) < 4.78 is 2.64. The van der Waals surface area contributed by atoms with E-state index in [2.05, 4.69) is 254 Å². The highest BCUT2D eigenvalue weighted by Crippen LogP contribution is 2.59. The van der Waals surface area contributed by atoms with E-state index in [1.165, 1.54) is 92.5 Å². The number of rotatable bonds is 7. The molecule has 11 aromatic rings. The number of hydrogen-bond donors (Lipinski definition) is 0. The molecule has 2 aliphatic carbocycles. The van der Waals surface area contributed by atoms with Gasteiger partial charge in [0, 0.05) is 42.5 Å². The fourth-order valence-corrected chi connectivity index (χ4v) is 12.6. The molecule has 0 fully saturated rings. The molecule has 65 heavy (non-hydrogen) atoms. The van der Waals surface area contributed by atoms with Gasteiger partial charge < -0.3 is 4.90 Å². The van der Waals surface area contributed by atoms with Crippen LogP contribution >= 0.6 is 11.3 Å². The van der Waals surface area contributed by atoms with Crippen LogP contribution < -0.4 is 4.90 Å². The van der Waals surface area contributed by atoms with Crippen molar-refractivity contribution in [1.82, 2.24) is 0 Å². The Morgan fingerprint density at radius 1 is 0.354 bits per heavy atom. The van der Waals surface area contributed by atoms with Gasteiger partial charge in [-0.15, -0.1) is 11.3 Å². The Balaban J connectivity index is 1.05. The molecule has 0 saturated carbocycles. The highest BCUT2D eigenvalue weighted by atomic mass is 32.1. The van der Waals surface area contributed by atoms with Crippen LogP contribution in [0.2, 0.25) is 0 Å². The van der Waals surface area contributed by atoms with Crippen LogP contribution in [0.1, 0.15) is 45.9 Å². The van der Waals surface area contributed by atoms with E-state index in [-0.39, 0.29) is 5.41 Å². The van der Waals surface area contributed by atoms with E-state index in [1.807, 2.05) is 11.3 Å². The predicted octanol–water partition coefficient (Wildman–Crippen LogP) is 16.9. The summed E-state index contributed by atoms with van der Waals surface area (Å²) in [5.41, 5.74) is 19.1. The van der Waals surface area contributed by atoms with Gasteiger partial charge in [0.05, 0.1) is 11.1 Å². The van der Waals surface area contributed by atoms with Crippen molar-refractivity contribution < 1.29 is 0 Å². The lowest BCUT2D eigenvalue weighted by Crippen LogP contribution is -2.28. The Labute approximate surface area is 384 Å². The summed E-state index contributed by atoms with van der Waals surface area (Å²) in [6, 6.07) is 90.5. The van der Waals surface area contributed by atoms with E-state index in [1.54, 1.807) is 0 Å². The van der Waals surface area contributed by atoms with Crippen molar-refractivity contribution in [1.29, 1.82) is 0 Å². The van der Waals surface area contributed by atoms with Crippen LogP contribution in [-0.4, -0.2) is 0 Å². The van der Waals surface area contributed by atoms with Gasteiger partial charge in [-0.1, -0.05) is 194 Å². The topological polar surface area (TPSA) is 3.24 Å². The first-order valence-electron chi connectivity index (χ1n) is 22.6. The molecule has 0 radical (unpaired) electrons. The standard InChI is InChI=1S/C63H43NS/c1-62(44-18-5-2-6-19-44)54-27-14-12-26-52(54)61-56(62)29-17-30-58(61)64(47-35-32-42(33-36-47)43-34-39-60-53(40-43)51-25-13-16-31-59(51)65-60)48-37-38-50-49-24-11-15-28-55(49)63(57(50)41-48,45-20-7-3-8-21-45)46-22-9-4-10-23-46/h2-41H,1H3. The lowest BCUT2D eigenvalue weighted by molar-refractivity contribution is 0.714. The predicted molar refractivity (Wildman–Crippen MR) is 274 cm³/mol. The zero-order chi connectivity index (χ0) is 43.1. The van der Waals surface area contributed by atoms with Crippen LogP contribution in [0, 0.1) is 0 Å². The summed E-state index contributed by atoms with van der Waals surface area (Å²) in [7, 11) is 0. The smallest absolute Gasteiger partial charge is 0.0714 e. The van der Waals surface area contributed by atoms with E-state index >= 15 is 0 Å². The zero-order valence-corrected chi connectivity index (χ0v) is 36.8. The highest BCUT2D eigenvalue weighted by Gasteiger charge is 2.47. The fraction of sp³-hybridized carbons (Fsp3) is 0.0476. The third-order valence-corrected chi connectivity index (χ3v) is 15.6. The second-order valence-electron chi connectivity index (χ2n) is 17.7. The molecule has 1 unspecified atom stereocenters. The summed E-state index contributed by atoms with van der Waals surface area (Å²) in [5, 5.41) is 2.63. The van der Waals surface area contributed by atoms with Gasteiger partial charge >= 0.3 is 0 Å². The molecule has 1 atom stereocenters. The van der Waals surface area contributed by atoms with E-state index in [0.29, 0.717) is 0 Å². The highest BCUT2D eigenvalue weighted by molar-refractivity contribution is 7.25. The van der Waals surface area contributed by atoms with Gasteiger partial charge in [-0.3, -0.25) is 0 Å². The maximum Gasteiger partial charge on any atom is 0.0714 e. The molecule has 0 aliphatic heterocycles. The summed E-state index contributed by atoms with van der Waals surface area (Å²) in [6.07, 6.45) is 0. The molecule has 306 valence electrons. The first-order chi connectivity index (χ1) is 32.1. The maximum atomic E-state index is 2.52. The first kappa shape index (κ1) is 37.7. The van der Waals surface area contributed by atoms with Crippen molar-refractivity contribution in [3.8, 4) is 33.4 Å². The van der Waals surface area contributed by atoms with Crippen molar-refractivity contribution in [2.45, 2.75) is 17.8 Å². The number of fused-ring (bicyclic) bond motifs is 9. The summed E-state index contributed by atoms with van der Waals surface area (Å²) in [4.78, 5) is 2.52. The SMILES string of the molecule is CC1(c2ccccc2)c2ccccc2-c2c(N(c3ccc(-c4ccc5sc6ccccc6c5c4)cc3)c3ccc4c(c3)C(c3ccccc3)(c3ccccc3)c3ccccc3-4)cccc21. The third-order valence-electron chi connectivity index (χ3n) is 14.4. The molecule has 2 aliphatic rings. The van der Waals surface area contributed by atoms with Gasteiger partial charge in [-0.2, -0.15) is 0 Å². The van der Waals surface area contributed by atoms with Crippen molar-refractivity contribution in [3.05, 3.63) is 282 Å². The Bertz CT molecular complexity index is 3570. The monoisotopic (exact) mass is 845 g/mol. The second-order valence-corrected chi connectivity index (χ2v) is 18.8. The van der Waals surface area contributed by atoms with Crippen molar-refractivity contribution in [3.63, 3.8) is 0 Å². The molecule has 0 saturated heterocycles.